The molecule has 1 fully saturated rings. The predicted molar refractivity (Wildman–Crippen MR) is 86.9 cm³/mol. The van der Waals surface area contributed by atoms with Crippen molar-refractivity contribution in [2.75, 3.05) is 26.7 Å². The van der Waals surface area contributed by atoms with Crippen LogP contribution in [0.1, 0.15) is 18.4 Å². The van der Waals surface area contributed by atoms with Gasteiger partial charge in [0.25, 0.3) is 0 Å². The molecule has 6 heteroatoms. The number of piperazine rings is 1. The standard InChI is InChI=1S/C16H21N3O2S/c1-11-9-18(3)6-7-19(11)15(20)8-13-10-22-16(17-13)14-5-4-12(2)21-14/h4-5,10-11H,6-9H2,1-3H3/t11-/m1/s1. The van der Waals surface area contributed by atoms with Gasteiger partial charge >= 0.3 is 0 Å². The van der Waals surface area contributed by atoms with E-state index in [4.69, 9.17) is 4.42 Å². The second-order valence-corrected chi connectivity index (χ2v) is 6.79. The highest BCUT2D eigenvalue weighted by Crippen LogP contribution is 2.26. The van der Waals surface area contributed by atoms with E-state index in [1.54, 1.807) is 0 Å². The molecule has 0 aliphatic carbocycles. The van der Waals surface area contributed by atoms with Crippen LogP contribution in [0.4, 0.5) is 0 Å². The molecule has 3 heterocycles. The maximum atomic E-state index is 12.5. The average molecular weight is 319 g/mol. The molecule has 0 N–H and O–H groups in total. The fourth-order valence-electron chi connectivity index (χ4n) is 2.82. The van der Waals surface area contributed by atoms with Crippen LogP contribution in [-0.4, -0.2) is 53.4 Å². The SMILES string of the molecule is Cc1ccc(-c2nc(CC(=O)N3CCN(C)C[C@H]3C)cs2)o1. The number of amides is 1. The van der Waals surface area contributed by atoms with E-state index in [0.29, 0.717) is 6.42 Å². The number of carbonyl (C=O) groups excluding carboxylic acids is 1. The van der Waals surface area contributed by atoms with Gasteiger partial charge in [0.1, 0.15) is 5.76 Å². The van der Waals surface area contributed by atoms with Crippen LogP contribution >= 0.6 is 11.3 Å². The molecule has 0 bridgehead atoms. The molecule has 118 valence electrons. The Balaban J connectivity index is 1.66. The van der Waals surface area contributed by atoms with E-state index in [-0.39, 0.29) is 11.9 Å². The van der Waals surface area contributed by atoms with Gasteiger partial charge in [-0.05, 0) is 33.0 Å². The molecule has 3 rings (SSSR count). The van der Waals surface area contributed by atoms with Crippen LogP contribution in [0.3, 0.4) is 0 Å². The first-order valence-corrected chi connectivity index (χ1v) is 8.40. The number of likely N-dealkylation sites (N-methyl/N-ethyl adjacent to an activating group) is 1. The van der Waals surface area contributed by atoms with Crippen molar-refractivity contribution < 1.29 is 9.21 Å². The molecule has 1 amide bonds. The molecule has 0 saturated carbocycles. The third kappa shape index (κ3) is 3.23. The van der Waals surface area contributed by atoms with Gasteiger partial charge in [-0.15, -0.1) is 11.3 Å². The lowest BCUT2D eigenvalue weighted by atomic mass is 10.1. The average Bonchev–Trinajstić information content (AvgIpc) is 3.07. The zero-order chi connectivity index (χ0) is 15.7. The summed E-state index contributed by atoms with van der Waals surface area (Å²) < 4.78 is 5.58. The molecule has 2 aromatic rings. The maximum Gasteiger partial charge on any atom is 0.228 e. The Hall–Kier alpha value is -1.66. The Labute approximate surface area is 134 Å². The van der Waals surface area contributed by atoms with Crippen LogP contribution in [0.5, 0.6) is 0 Å². The Bertz CT molecular complexity index is 664. The first-order chi connectivity index (χ1) is 10.5. The lowest BCUT2D eigenvalue weighted by Crippen LogP contribution is -2.53. The summed E-state index contributed by atoms with van der Waals surface area (Å²) in [5.74, 6) is 1.80. The van der Waals surface area contributed by atoms with Crippen molar-refractivity contribution in [2.45, 2.75) is 26.3 Å². The van der Waals surface area contributed by atoms with Gasteiger partial charge in [0.2, 0.25) is 5.91 Å². The summed E-state index contributed by atoms with van der Waals surface area (Å²) in [5, 5.41) is 2.79. The molecule has 1 aliphatic rings. The van der Waals surface area contributed by atoms with Crippen LogP contribution in [0, 0.1) is 6.92 Å². The first-order valence-electron chi connectivity index (χ1n) is 7.52. The maximum absolute atomic E-state index is 12.5. The van der Waals surface area contributed by atoms with Crippen LogP contribution in [-0.2, 0) is 11.2 Å². The number of thiazole rings is 1. The largest absolute Gasteiger partial charge is 0.459 e. The molecule has 0 radical (unpaired) electrons. The van der Waals surface area contributed by atoms with E-state index in [2.05, 4.69) is 23.9 Å². The minimum Gasteiger partial charge on any atom is -0.459 e. The number of carbonyl (C=O) groups is 1. The van der Waals surface area contributed by atoms with E-state index in [1.165, 1.54) is 11.3 Å². The quantitative estimate of drug-likeness (QED) is 0.872. The zero-order valence-electron chi connectivity index (χ0n) is 13.2. The van der Waals surface area contributed by atoms with Crippen LogP contribution in [0.2, 0.25) is 0 Å². The number of nitrogens with zero attached hydrogens (tertiary/aromatic N) is 3. The van der Waals surface area contributed by atoms with Gasteiger partial charge in [-0.3, -0.25) is 4.79 Å². The fourth-order valence-corrected chi connectivity index (χ4v) is 3.60. The van der Waals surface area contributed by atoms with Gasteiger partial charge in [0.05, 0.1) is 12.1 Å². The van der Waals surface area contributed by atoms with Crippen LogP contribution < -0.4 is 0 Å². The summed E-state index contributed by atoms with van der Waals surface area (Å²) in [7, 11) is 2.09. The Morgan fingerprint density at radius 1 is 1.45 bits per heavy atom. The minimum atomic E-state index is 0.160. The summed E-state index contributed by atoms with van der Waals surface area (Å²) in [6.07, 6.45) is 0.365. The Kier molecular flexibility index (Phi) is 4.31. The van der Waals surface area contributed by atoms with Gasteiger partial charge in [0.15, 0.2) is 10.8 Å². The van der Waals surface area contributed by atoms with Crippen molar-refractivity contribution in [3.63, 3.8) is 0 Å². The second kappa shape index (κ2) is 6.22. The van der Waals surface area contributed by atoms with Crippen molar-refractivity contribution in [1.82, 2.24) is 14.8 Å². The van der Waals surface area contributed by atoms with Gasteiger partial charge in [0, 0.05) is 31.1 Å². The smallest absolute Gasteiger partial charge is 0.228 e. The van der Waals surface area contributed by atoms with Crippen molar-refractivity contribution in [3.8, 4) is 10.8 Å². The monoisotopic (exact) mass is 319 g/mol. The van der Waals surface area contributed by atoms with Crippen molar-refractivity contribution in [3.05, 3.63) is 29.0 Å². The van der Waals surface area contributed by atoms with E-state index >= 15 is 0 Å². The van der Waals surface area contributed by atoms with Crippen LogP contribution in [0.15, 0.2) is 21.9 Å². The van der Waals surface area contributed by atoms with E-state index in [1.807, 2.05) is 29.3 Å². The lowest BCUT2D eigenvalue weighted by Gasteiger charge is -2.38. The zero-order valence-corrected chi connectivity index (χ0v) is 14.0. The molecule has 0 spiro atoms. The molecule has 1 aliphatic heterocycles. The van der Waals surface area contributed by atoms with E-state index in [9.17, 15) is 4.79 Å². The number of aromatic nitrogens is 1. The van der Waals surface area contributed by atoms with Gasteiger partial charge in [-0.25, -0.2) is 4.98 Å². The lowest BCUT2D eigenvalue weighted by molar-refractivity contribution is -0.134. The fraction of sp³-hybridized carbons (Fsp3) is 0.500. The van der Waals surface area contributed by atoms with E-state index in [0.717, 1.165) is 41.9 Å². The summed E-state index contributed by atoms with van der Waals surface area (Å²) in [6, 6.07) is 4.10. The molecule has 1 atom stereocenters. The van der Waals surface area contributed by atoms with Crippen molar-refractivity contribution in [1.29, 1.82) is 0 Å². The van der Waals surface area contributed by atoms with Gasteiger partial charge in [-0.2, -0.15) is 0 Å². The van der Waals surface area contributed by atoms with Gasteiger partial charge in [-0.1, -0.05) is 0 Å². The Morgan fingerprint density at radius 3 is 2.95 bits per heavy atom. The Morgan fingerprint density at radius 2 is 2.27 bits per heavy atom. The summed E-state index contributed by atoms with van der Waals surface area (Å²) in [4.78, 5) is 21.2. The summed E-state index contributed by atoms with van der Waals surface area (Å²) in [6.45, 7) is 6.68. The van der Waals surface area contributed by atoms with Crippen molar-refractivity contribution >= 4 is 17.2 Å². The topological polar surface area (TPSA) is 49.6 Å². The van der Waals surface area contributed by atoms with Gasteiger partial charge < -0.3 is 14.2 Å². The number of hydrogen-bond acceptors (Lipinski definition) is 5. The molecule has 1 saturated heterocycles. The molecule has 2 aromatic heterocycles. The molecular weight excluding hydrogens is 298 g/mol. The molecule has 0 aromatic carbocycles. The summed E-state index contributed by atoms with van der Waals surface area (Å²) in [5.41, 5.74) is 0.824. The summed E-state index contributed by atoms with van der Waals surface area (Å²) >= 11 is 1.52. The van der Waals surface area contributed by atoms with E-state index < -0.39 is 0 Å². The molecule has 22 heavy (non-hydrogen) atoms. The highest BCUT2D eigenvalue weighted by Gasteiger charge is 2.26. The number of furan rings is 1. The molecular formula is C16H21N3O2S. The highest BCUT2D eigenvalue weighted by molar-refractivity contribution is 7.13. The predicted octanol–water partition coefficient (Wildman–Crippen LogP) is 2.42. The molecule has 0 unspecified atom stereocenters. The van der Waals surface area contributed by atoms with Crippen LogP contribution in [0.25, 0.3) is 10.8 Å². The highest BCUT2D eigenvalue weighted by atomic mass is 32.1. The second-order valence-electron chi connectivity index (χ2n) is 5.93. The number of aryl methyl sites for hydroxylation is 1. The third-order valence-electron chi connectivity index (χ3n) is 3.99. The van der Waals surface area contributed by atoms with Crippen molar-refractivity contribution in [2.24, 2.45) is 0 Å². The number of hydrogen-bond donors (Lipinski definition) is 0. The first kappa shape index (κ1) is 15.2. The third-order valence-corrected chi connectivity index (χ3v) is 4.89. The number of rotatable bonds is 3. The molecule has 5 nitrogen and oxygen atoms in total. The normalized spacial score (nSPS) is 19.6. The minimum absolute atomic E-state index is 0.160.